The largest absolute Gasteiger partial charge is 0.399 e. The van der Waals surface area contributed by atoms with E-state index in [4.69, 9.17) is 5.73 Å². The number of rotatable bonds is 4. The molecule has 0 saturated carbocycles. The zero-order valence-corrected chi connectivity index (χ0v) is 12.7. The van der Waals surface area contributed by atoms with Crippen molar-refractivity contribution < 1.29 is 4.79 Å². The second-order valence-electron chi connectivity index (χ2n) is 6.62. The molecule has 1 unspecified atom stereocenters. The molecule has 0 aliphatic rings. The van der Waals surface area contributed by atoms with Crippen molar-refractivity contribution in [3.63, 3.8) is 0 Å². The summed E-state index contributed by atoms with van der Waals surface area (Å²) in [7, 11) is 1.81. The second kappa shape index (κ2) is 6.09. The van der Waals surface area contributed by atoms with Gasteiger partial charge in [-0.05, 0) is 36.0 Å². The van der Waals surface area contributed by atoms with Crippen LogP contribution in [0.2, 0.25) is 0 Å². The van der Waals surface area contributed by atoms with Gasteiger partial charge in [-0.15, -0.1) is 0 Å². The van der Waals surface area contributed by atoms with E-state index in [1.54, 1.807) is 11.9 Å². The van der Waals surface area contributed by atoms with Gasteiger partial charge in [-0.3, -0.25) is 4.79 Å². The molecule has 19 heavy (non-hydrogen) atoms. The lowest BCUT2D eigenvalue weighted by atomic mass is 9.84. The number of carbonyl (C=O) groups excluding carboxylic acids is 1. The van der Waals surface area contributed by atoms with Gasteiger partial charge in [0.1, 0.15) is 0 Å². The molecular weight excluding hydrogens is 236 g/mol. The van der Waals surface area contributed by atoms with Crippen molar-refractivity contribution in [2.24, 2.45) is 11.3 Å². The average Bonchev–Trinajstić information content (AvgIpc) is 2.25. The van der Waals surface area contributed by atoms with Crippen molar-refractivity contribution in [1.29, 1.82) is 0 Å². The number of nitrogens with zero attached hydrogens (tertiary/aromatic N) is 1. The highest BCUT2D eigenvalue weighted by atomic mass is 16.2. The van der Waals surface area contributed by atoms with E-state index in [9.17, 15) is 4.79 Å². The summed E-state index contributed by atoms with van der Waals surface area (Å²) >= 11 is 0. The van der Waals surface area contributed by atoms with Crippen LogP contribution in [0.15, 0.2) is 24.3 Å². The molecular formula is C16H26N2O. The highest BCUT2D eigenvalue weighted by Crippen LogP contribution is 2.27. The van der Waals surface area contributed by atoms with Gasteiger partial charge in [0.15, 0.2) is 0 Å². The van der Waals surface area contributed by atoms with Crippen molar-refractivity contribution in [3.8, 4) is 0 Å². The van der Waals surface area contributed by atoms with E-state index in [0.717, 1.165) is 12.1 Å². The Bertz CT molecular complexity index is 435. The van der Waals surface area contributed by atoms with E-state index in [-0.39, 0.29) is 11.3 Å². The smallest absolute Gasteiger partial charge is 0.226 e. The third-order valence-electron chi connectivity index (χ3n) is 3.12. The summed E-state index contributed by atoms with van der Waals surface area (Å²) in [5.41, 5.74) is 7.54. The summed E-state index contributed by atoms with van der Waals surface area (Å²) in [5.74, 6) is 0.526. The Morgan fingerprint density at radius 1 is 1.37 bits per heavy atom. The van der Waals surface area contributed by atoms with Gasteiger partial charge in [-0.25, -0.2) is 0 Å². The minimum Gasteiger partial charge on any atom is -0.399 e. The van der Waals surface area contributed by atoms with Crippen LogP contribution in [0.25, 0.3) is 0 Å². The Morgan fingerprint density at radius 2 is 2.00 bits per heavy atom. The molecule has 106 valence electrons. The van der Waals surface area contributed by atoms with Gasteiger partial charge in [-0.1, -0.05) is 33.8 Å². The quantitative estimate of drug-likeness (QED) is 0.841. The van der Waals surface area contributed by atoms with Gasteiger partial charge < -0.3 is 10.6 Å². The molecule has 1 aromatic carbocycles. The van der Waals surface area contributed by atoms with Gasteiger partial charge >= 0.3 is 0 Å². The second-order valence-corrected chi connectivity index (χ2v) is 6.62. The van der Waals surface area contributed by atoms with Gasteiger partial charge in [-0.2, -0.15) is 0 Å². The lowest BCUT2D eigenvalue weighted by Gasteiger charge is -2.25. The minimum atomic E-state index is 0.141. The Labute approximate surface area is 116 Å². The number of anilines is 2. The number of nitrogen functional groups attached to an aromatic ring is 1. The van der Waals surface area contributed by atoms with E-state index >= 15 is 0 Å². The molecule has 2 N–H and O–H groups in total. The predicted octanol–water partition coefficient (Wildman–Crippen LogP) is 3.69. The van der Waals surface area contributed by atoms with Crippen molar-refractivity contribution in [2.75, 3.05) is 17.7 Å². The van der Waals surface area contributed by atoms with Crippen LogP contribution in [-0.2, 0) is 4.79 Å². The third-order valence-corrected chi connectivity index (χ3v) is 3.12. The first-order valence-electron chi connectivity index (χ1n) is 6.81. The van der Waals surface area contributed by atoms with Crippen molar-refractivity contribution in [2.45, 2.75) is 40.5 Å². The number of hydrogen-bond acceptors (Lipinski definition) is 2. The molecule has 1 amide bonds. The monoisotopic (exact) mass is 262 g/mol. The number of benzene rings is 1. The highest BCUT2D eigenvalue weighted by Gasteiger charge is 2.20. The Morgan fingerprint density at radius 3 is 2.53 bits per heavy atom. The maximum Gasteiger partial charge on any atom is 0.226 e. The molecule has 1 atom stereocenters. The Hall–Kier alpha value is -1.51. The molecule has 3 nitrogen and oxygen atoms in total. The lowest BCUT2D eigenvalue weighted by Crippen LogP contribution is -2.28. The van der Waals surface area contributed by atoms with E-state index in [2.05, 4.69) is 27.7 Å². The first-order chi connectivity index (χ1) is 8.69. The fourth-order valence-electron chi connectivity index (χ4n) is 2.43. The third kappa shape index (κ3) is 5.33. The molecule has 1 aromatic rings. The molecule has 0 aromatic heterocycles. The molecule has 0 aliphatic heterocycles. The van der Waals surface area contributed by atoms with Crippen molar-refractivity contribution in [3.05, 3.63) is 24.3 Å². The van der Waals surface area contributed by atoms with E-state index in [0.29, 0.717) is 18.0 Å². The van der Waals surface area contributed by atoms with Crippen LogP contribution in [0.4, 0.5) is 11.4 Å². The molecule has 0 heterocycles. The fraction of sp³-hybridized carbons (Fsp3) is 0.562. The van der Waals surface area contributed by atoms with E-state index in [1.807, 2.05) is 24.3 Å². The van der Waals surface area contributed by atoms with Gasteiger partial charge in [0.25, 0.3) is 0 Å². The predicted molar refractivity (Wildman–Crippen MR) is 82.1 cm³/mol. The summed E-state index contributed by atoms with van der Waals surface area (Å²) in [6.07, 6.45) is 1.62. The van der Waals surface area contributed by atoms with Gasteiger partial charge in [0, 0.05) is 24.8 Å². The highest BCUT2D eigenvalue weighted by molar-refractivity contribution is 5.93. The molecule has 0 bridgehead atoms. The summed E-state index contributed by atoms with van der Waals surface area (Å²) in [6.45, 7) is 8.75. The molecule has 0 radical (unpaired) electrons. The molecule has 1 rings (SSSR count). The lowest BCUT2D eigenvalue weighted by molar-refractivity contribution is -0.119. The van der Waals surface area contributed by atoms with Crippen LogP contribution < -0.4 is 10.6 Å². The first kappa shape index (κ1) is 15.5. The van der Waals surface area contributed by atoms with Crippen LogP contribution in [0.3, 0.4) is 0 Å². The zero-order chi connectivity index (χ0) is 14.6. The standard InChI is InChI=1S/C16H26N2O/c1-12(11-16(2,3)4)9-15(19)18(5)14-8-6-7-13(17)10-14/h6-8,10,12H,9,11,17H2,1-5H3. The van der Waals surface area contributed by atoms with Gasteiger partial charge in [0.2, 0.25) is 5.91 Å². The van der Waals surface area contributed by atoms with Crippen LogP contribution in [0, 0.1) is 11.3 Å². The summed E-state index contributed by atoms with van der Waals surface area (Å²) in [4.78, 5) is 13.9. The summed E-state index contributed by atoms with van der Waals surface area (Å²) in [6, 6.07) is 7.42. The van der Waals surface area contributed by atoms with Crippen molar-refractivity contribution >= 4 is 17.3 Å². The molecule has 0 saturated heterocycles. The van der Waals surface area contributed by atoms with Crippen molar-refractivity contribution in [1.82, 2.24) is 0 Å². The topological polar surface area (TPSA) is 46.3 Å². The first-order valence-corrected chi connectivity index (χ1v) is 6.81. The maximum absolute atomic E-state index is 12.2. The molecule has 3 heteroatoms. The number of hydrogen-bond donors (Lipinski definition) is 1. The normalized spacial score (nSPS) is 13.1. The number of nitrogens with two attached hydrogens (primary N) is 1. The average molecular weight is 262 g/mol. The Kier molecular flexibility index (Phi) is 4.98. The van der Waals surface area contributed by atoms with Gasteiger partial charge in [0.05, 0.1) is 0 Å². The van der Waals surface area contributed by atoms with Crippen LogP contribution in [0.1, 0.15) is 40.5 Å². The SMILES string of the molecule is CC(CC(=O)N(C)c1cccc(N)c1)CC(C)(C)C. The molecule has 0 spiro atoms. The fourth-order valence-corrected chi connectivity index (χ4v) is 2.43. The maximum atomic E-state index is 12.2. The number of amides is 1. The van der Waals surface area contributed by atoms with E-state index < -0.39 is 0 Å². The molecule has 0 aliphatic carbocycles. The zero-order valence-electron chi connectivity index (χ0n) is 12.7. The Balaban J connectivity index is 2.63. The summed E-state index contributed by atoms with van der Waals surface area (Å²) < 4.78 is 0. The molecule has 0 fully saturated rings. The minimum absolute atomic E-state index is 0.141. The summed E-state index contributed by atoms with van der Waals surface area (Å²) in [5, 5.41) is 0. The van der Waals surface area contributed by atoms with Crippen LogP contribution >= 0.6 is 0 Å². The van der Waals surface area contributed by atoms with Crippen LogP contribution in [-0.4, -0.2) is 13.0 Å². The number of carbonyl (C=O) groups is 1. The van der Waals surface area contributed by atoms with E-state index in [1.165, 1.54) is 0 Å². The van der Waals surface area contributed by atoms with Crippen LogP contribution in [0.5, 0.6) is 0 Å².